The first-order valence-corrected chi connectivity index (χ1v) is 7.78. The molecule has 1 atom stereocenters. The number of carbonyl (C=O) groups excluding carboxylic acids is 2. The van der Waals surface area contributed by atoms with Gasteiger partial charge in [0.05, 0.1) is 12.7 Å². The summed E-state index contributed by atoms with van der Waals surface area (Å²) in [6.45, 7) is 3.60. The Hall–Kier alpha value is -2.82. The minimum Gasteiger partial charge on any atom is -0.497 e. The SMILES string of the molecule is CCc1ccc(NC(=O)[C@@H](C)OC(=O)c2ccc(OC)cc2)cc1. The standard InChI is InChI=1S/C19H21NO4/c1-4-14-5-9-16(10-6-14)20-18(21)13(2)24-19(22)15-7-11-17(23-3)12-8-15/h5-13H,4H2,1-3H3,(H,20,21)/t13-/m1/s1. The van der Waals surface area contributed by atoms with Crippen LogP contribution in [0.1, 0.15) is 29.8 Å². The predicted octanol–water partition coefficient (Wildman–Crippen LogP) is 3.44. The highest BCUT2D eigenvalue weighted by atomic mass is 16.5. The van der Waals surface area contributed by atoms with Gasteiger partial charge in [0.15, 0.2) is 6.10 Å². The fourth-order valence-electron chi connectivity index (χ4n) is 2.08. The van der Waals surface area contributed by atoms with Crippen molar-refractivity contribution in [2.24, 2.45) is 0 Å². The second kappa shape index (κ2) is 8.15. The molecule has 2 rings (SSSR count). The zero-order chi connectivity index (χ0) is 17.5. The van der Waals surface area contributed by atoms with Crippen molar-refractivity contribution in [2.75, 3.05) is 12.4 Å². The number of aryl methyl sites for hydroxylation is 1. The third-order valence-electron chi connectivity index (χ3n) is 3.61. The van der Waals surface area contributed by atoms with E-state index in [-0.39, 0.29) is 5.91 Å². The quantitative estimate of drug-likeness (QED) is 0.826. The predicted molar refractivity (Wildman–Crippen MR) is 92.3 cm³/mol. The summed E-state index contributed by atoms with van der Waals surface area (Å²) in [7, 11) is 1.55. The summed E-state index contributed by atoms with van der Waals surface area (Å²) in [6.07, 6.45) is 0.0369. The van der Waals surface area contributed by atoms with Gasteiger partial charge in [-0.05, 0) is 55.3 Å². The molecule has 0 aliphatic rings. The van der Waals surface area contributed by atoms with Gasteiger partial charge in [-0.2, -0.15) is 0 Å². The molecule has 0 unspecified atom stereocenters. The molecular formula is C19H21NO4. The first-order valence-electron chi connectivity index (χ1n) is 7.78. The number of hydrogen-bond donors (Lipinski definition) is 1. The smallest absolute Gasteiger partial charge is 0.338 e. The second-order valence-corrected chi connectivity index (χ2v) is 5.32. The van der Waals surface area contributed by atoms with Crippen molar-refractivity contribution in [2.45, 2.75) is 26.4 Å². The highest BCUT2D eigenvalue weighted by molar-refractivity contribution is 5.97. The summed E-state index contributed by atoms with van der Waals surface area (Å²) in [5.41, 5.74) is 2.22. The Bertz CT molecular complexity index is 692. The molecule has 1 N–H and O–H groups in total. The van der Waals surface area contributed by atoms with Gasteiger partial charge in [0.2, 0.25) is 0 Å². The highest BCUT2D eigenvalue weighted by Gasteiger charge is 2.19. The van der Waals surface area contributed by atoms with Crippen LogP contribution in [0.2, 0.25) is 0 Å². The molecular weight excluding hydrogens is 306 g/mol. The van der Waals surface area contributed by atoms with E-state index in [1.807, 2.05) is 24.3 Å². The highest BCUT2D eigenvalue weighted by Crippen LogP contribution is 2.14. The third-order valence-corrected chi connectivity index (χ3v) is 3.61. The molecule has 0 spiro atoms. The second-order valence-electron chi connectivity index (χ2n) is 5.32. The van der Waals surface area contributed by atoms with Gasteiger partial charge in [-0.1, -0.05) is 19.1 Å². The van der Waals surface area contributed by atoms with Gasteiger partial charge in [0.25, 0.3) is 5.91 Å². The number of nitrogens with one attached hydrogen (secondary N) is 1. The largest absolute Gasteiger partial charge is 0.497 e. The summed E-state index contributed by atoms with van der Waals surface area (Å²) in [5, 5.41) is 2.73. The van der Waals surface area contributed by atoms with Crippen LogP contribution in [0.3, 0.4) is 0 Å². The number of ether oxygens (including phenoxy) is 2. The molecule has 0 fully saturated rings. The molecule has 0 saturated heterocycles. The van der Waals surface area contributed by atoms with Crippen molar-refractivity contribution in [1.29, 1.82) is 0 Å². The minimum atomic E-state index is -0.898. The van der Waals surface area contributed by atoms with Gasteiger partial charge in [0, 0.05) is 5.69 Å². The fraction of sp³-hybridized carbons (Fsp3) is 0.263. The van der Waals surface area contributed by atoms with Crippen molar-refractivity contribution in [3.05, 3.63) is 59.7 Å². The van der Waals surface area contributed by atoms with Crippen molar-refractivity contribution in [1.82, 2.24) is 0 Å². The molecule has 0 aromatic heterocycles. The molecule has 0 bridgehead atoms. The number of hydrogen-bond acceptors (Lipinski definition) is 4. The van der Waals surface area contributed by atoms with Crippen molar-refractivity contribution < 1.29 is 19.1 Å². The number of rotatable bonds is 6. The van der Waals surface area contributed by atoms with Gasteiger partial charge in [-0.25, -0.2) is 4.79 Å². The van der Waals surface area contributed by atoms with Crippen LogP contribution in [0.4, 0.5) is 5.69 Å². The Morgan fingerprint density at radius 2 is 1.67 bits per heavy atom. The summed E-state index contributed by atoms with van der Waals surface area (Å²) >= 11 is 0. The Labute approximate surface area is 141 Å². The topological polar surface area (TPSA) is 64.6 Å². The Kier molecular flexibility index (Phi) is 5.95. The third kappa shape index (κ3) is 4.59. The fourth-order valence-corrected chi connectivity index (χ4v) is 2.08. The molecule has 126 valence electrons. The van der Waals surface area contributed by atoms with Crippen LogP contribution >= 0.6 is 0 Å². The summed E-state index contributed by atoms with van der Waals surface area (Å²) in [4.78, 5) is 24.2. The lowest BCUT2D eigenvalue weighted by Crippen LogP contribution is -2.30. The summed E-state index contributed by atoms with van der Waals surface area (Å²) < 4.78 is 10.2. The molecule has 0 aliphatic carbocycles. The van der Waals surface area contributed by atoms with Gasteiger partial charge in [-0.3, -0.25) is 4.79 Å². The van der Waals surface area contributed by atoms with E-state index in [2.05, 4.69) is 12.2 Å². The molecule has 2 aromatic carbocycles. The van der Waals surface area contributed by atoms with Crippen LogP contribution in [0.5, 0.6) is 5.75 Å². The summed E-state index contributed by atoms with van der Waals surface area (Å²) in [6, 6.07) is 14.1. The maximum Gasteiger partial charge on any atom is 0.338 e. The van der Waals surface area contributed by atoms with Gasteiger partial charge < -0.3 is 14.8 Å². The first-order chi connectivity index (χ1) is 11.5. The van der Waals surface area contributed by atoms with E-state index < -0.39 is 12.1 Å². The molecule has 1 amide bonds. The van der Waals surface area contributed by atoms with Crippen LogP contribution in [0.25, 0.3) is 0 Å². The van der Waals surface area contributed by atoms with Gasteiger partial charge in [-0.15, -0.1) is 0 Å². The minimum absolute atomic E-state index is 0.364. The van der Waals surface area contributed by atoms with Gasteiger partial charge >= 0.3 is 5.97 Å². The molecule has 0 saturated carbocycles. The molecule has 0 aliphatic heterocycles. The molecule has 5 heteroatoms. The molecule has 0 heterocycles. The van der Waals surface area contributed by atoms with Crippen LogP contribution in [0.15, 0.2) is 48.5 Å². The molecule has 5 nitrogen and oxygen atoms in total. The normalized spacial score (nSPS) is 11.5. The van der Waals surface area contributed by atoms with E-state index in [9.17, 15) is 9.59 Å². The molecule has 24 heavy (non-hydrogen) atoms. The number of carbonyl (C=O) groups is 2. The lowest BCUT2D eigenvalue weighted by molar-refractivity contribution is -0.123. The number of anilines is 1. The summed E-state index contributed by atoms with van der Waals surface area (Å²) in [5.74, 6) is -0.282. The van der Waals surface area contributed by atoms with E-state index >= 15 is 0 Å². The van der Waals surface area contributed by atoms with Gasteiger partial charge in [0.1, 0.15) is 5.75 Å². The zero-order valence-corrected chi connectivity index (χ0v) is 14.0. The lowest BCUT2D eigenvalue weighted by atomic mass is 10.1. The van der Waals surface area contributed by atoms with Crippen molar-refractivity contribution in [3.8, 4) is 5.75 Å². The number of benzene rings is 2. The van der Waals surface area contributed by atoms with E-state index in [0.717, 1.165) is 6.42 Å². The Morgan fingerprint density at radius 1 is 1.04 bits per heavy atom. The maximum atomic E-state index is 12.1. The maximum absolute atomic E-state index is 12.1. The average molecular weight is 327 g/mol. The van der Waals surface area contributed by atoms with Crippen molar-refractivity contribution in [3.63, 3.8) is 0 Å². The van der Waals surface area contributed by atoms with Crippen molar-refractivity contribution >= 4 is 17.6 Å². The average Bonchev–Trinajstić information content (AvgIpc) is 2.62. The lowest BCUT2D eigenvalue weighted by Gasteiger charge is -2.14. The van der Waals surface area contributed by atoms with Crippen LogP contribution in [0, 0.1) is 0 Å². The number of methoxy groups -OCH3 is 1. The van der Waals surface area contributed by atoms with E-state index in [0.29, 0.717) is 17.0 Å². The van der Waals surface area contributed by atoms with Crippen LogP contribution in [-0.2, 0) is 16.0 Å². The van der Waals surface area contributed by atoms with E-state index in [1.165, 1.54) is 12.5 Å². The first kappa shape index (κ1) is 17.5. The van der Waals surface area contributed by atoms with Crippen LogP contribution < -0.4 is 10.1 Å². The molecule has 0 radical (unpaired) electrons. The number of esters is 1. The molecule has 2 aromatic rings. The monoisotopic (exact) mass is 327 g/mol. The van der Waals surface area contributed by atoms with Crippen LogP contribution in [-0.4, -0.2) is 25.1 Å². The van der Waals surface area contributed by atoms with E-state index in [4.69, 9.17) is 9.47 Å². The van der Waals surface area contributed by atoms with E-state index in [1.54, 1.807) is 31.4 Å². The Morgan fingerprint density at radius 3 is 2.21 bits per heavy atom. The Balaban J connectivity index is 1.93. The number of amides is 1. The zero-order valence-electron chi connectivity index (χ0n) is 14.0.